The minimum atomic E-state index is -0.512. The Morgan fingerprint density at radius 1 is 1.16 bits per heavy atom. The zero-order valence-corrected chi connectivity index (χ0v) is 18.2. The number of carbonyl (C=O) groups is 1. The summed E-state index contributed by atoms with van der Waals surface area (Å²) in [6.07, 6.45) is -0.935. The Morgan fingerprint density at radius 3 is 2.48 bits per heavy atom. The van der Waals surface area contributed by atoms with Gasteiger partial charge in [0, 0.05) is 31.9 Å². The second kappa shape index (κ2) is 9.07. The summed E-state index contributed by atoms with van der Waals surface area (Å²) in [4.78, 5) is 18.0. The van der Waals surface area contributed by atoms with Crippen LogP contribution in [0.1, 0.15) is 5.56 Å². The number of ether oxygens (including phenoxy) is 1. The molecule has 1 atom stereocenters. The second-order valence-corrected chi connectivity index (χ2v) is 8.03. The van der Waals surface area contributed by atoms with Crippen molar-refractivity contribution in [2.45, 2.75) is 13.0 Å². The number of hydrogen-bond donors (Lipinski definition) is 1. The highest BCUT2D eigenvalue weighted by Gasteiger charge is 2.33. The normalized spacial score (nSPS) is 18.9. The largest absolute Gasteiger partial charge is 0.442 e. The summed E-state index contributed by atoms with van der Waals surface area (Å²) in [5.74, 6) is 5.31. The molecular formula is C22H26FN5O2S. The van der Waals surface area contributed by atoms with Gasteiger partial charge < -0.3 is 19.5 Å². The summed E-state index contributed by atoms with van der Waals surface area (Å²) >= 11 is 4.76. The van der Waals surface area contributed by atoms with Crippen molar-refractivity contribution in [3.05, 3.63) is 53.8 Å². The molecule has 0 radical (unpaired) electrons. The van der Waals surface area contributed by atoms with E-state index in [1.54, 1.807) is 12.1 Å². The minimum absolute atomic E-state index is 0.289. The van der Waals surface area contributed by atoms with Crippen LogP contribution < -0.4 is 20.5 Å². The van der Waals surface area contributed by atoms with E-state index >= 15 is 0 Å². The van der Waals surface area contributed by atoms with E-state index in [9.17, 15) is 9.18 Å². The predicted molar refractivity (Wildman–Crippen MR) is 124 cm³/mol. The van der Waals surface area contributed by atoms with Crippen molar-refractivity contribution in [1.82, 2.24) is 5.01 Å². The summed E-state index contributed by atoms with van der Waals surface area (Å²) < 4.78 is 20.3. The first-order valence-electron chi connectivity index (χ1n) is 10.3. The average Bonchev–Trinajstić information content (AvgIpc) is 3.14. The number of thiocarbonyl (C=S) groups is 1. The maximum absolute atomic E-state index is 15.0. The monoisotopic (exact) mass is 443 g/mol. The van der Waals surface area contributed by atoms with Gasteiger partial charge in [-0.15, -0.1) is 0 Å². The Kier molecular flexibility index (Phi) is 6.24. The van der Waals surface area contributed by atoms with Gasteiger partial charge in [0.05, 0.1) is 30.0 Å². The lowest BCUT2D eigenvalue weighted by Crippen LogP contribution is -2.47. The van der Waals surface area contributed by atoms with Crippen molar-refractivity contribution in [2.24, 2.45) is 5.84 Å². The number of anilines is 3. The van der Waals surface area contributed by atoms with Crippen molar-refractivity contribution in [3.8, 4) is 0 Å². The molecule has 2 N–H and O–H groups in total. The molecular weight excluding hydrogens is 417 g/mol. The third-order valence-electron chi connectivity index (χ3n) is 5.74. The van der Waals surface area contributed by atoms with Crippen LogP contribution in [0, 0.1) is 12.7 Å². The fraction of sp³-hybridized carbons (Fsp3) is 0.364. The summed E-state index contributed by atoms with van der Waals surface area (Å²) in [5, 5.41) is 1.29. The van der Waals surface area contributed by atoms with Gasteiger partial charge in [-0.25, -0.2) is 15.0 Å². The van der Waals surface area contributed by atoms with Crippen molar-refractivity contribution < 1.29 is 13.9 Å². The molecule has 7 nitrogen and oxygen atoms in total. The van der Waals surface area contributed by atoms with Crippen LogP contribution in [0.4, 0.5) is 26.2 Å². The number of amides is 1. The molecule has 2 heterocycles. The van der Waals surface area contributed by atoms with Crippen LogP contribution >= 0.6 is 12.2 Å². The topological polar surface area (TPSA) is 65.3 Å². The molecule has 0 aliphatic carbocycles. The van der Waals surface area contributed by atoms with Gasteiger partial charge >= 0.3 is 6.09 Å². The fourth-order valence-electron chi connectivity index (χ4n) is 4.13. The third-order valence-corrected chi connectivity index (χ3v) is 6.01. The molecule has 0 saturated carbocycles. The van der Waals surface area contributed by atoms with Gasteiger partial charge in [0.15, 0.2) is 0 Å². The highest BCUT2D eigenvalue weighted by molar-refractivity contribution is 7.78. The van der Waals surface area contributed by atoms with Crippen LogP contribution in [0.2, 0.25) is 0 Å². The van der Waals surface area contributed by atoms with Crippen LogP contribution in [0.5, 0.6) is 0 Å². The highest BCUT2D eigenvalue weighted by Crippen LogP contribution is 2.29. The van der Waals surface area contributed by atoms with Crippen LogP contribution in [0.25, 0.3) is 0 Å². The Balaban J connectivity index is 1.41. The lowest BCUT2D eigenvalue weighted by atomic mass is 10.1. The first kappa shape index (κ1) is 21.3. The number of nitrogens with zero attached hydrogens (tertiary/aromatic N) is 4. The van der Waals surface area contributed by atoms with E-state index in [-0.39, 0.29) is 12.4 Å². The first-order valence-corrected chi connectivity index (χ1v) is 10.7. The smallest absolute Gasteiger partial charge is 0.414 e. The Labute approximate surface area is 186 Å². The first-order chi connectivity index (χ1) is 15.0. The van der Waals surface area contributed by atoms with E-state index in [1.807, 2.05) is 17.0 Å². The third kappa shape index (κ3) is 4.57. The lowest BCUT2D eigenvalue weighted by molar-refractivity contribution is 0.127. The SMILES string of the molecule is Cc1ccccc1N1CCN(c2ccc(N3C[C@H](CN(N)C=S)OC3=O)cc2F)CC1. The van der Waals surface area contributed by atoms with Crippen molar-refractivity contribution in [2.75, 3.05) is 54.0 Å². The maximum atomic E-state index is 15.0. The molecule has 4 rings (SSSR count). The second-order valence-electron chi connectivity index (χ2n) is 7.81. The van der Waals surface area contributed by atoms with E-state index in [2.05, 4.69) is 24.0 Å². The molecule has 2 saturated heterocycles. The van der Waals surface area contributed by atoms with E-state index in [0.717, 1.165) is 26.2 Å². The predicted octanol–water partition coefficient (Wildman–Crippen LogP) is 2.92. The molecule has 2 aliphatic heterocycles. The molecule has 164 valence electrons. The zero-order chi connectivity index (χ0) is 22.0. The number of benzene rings is 2. The fourth-order valence-corrected chi connectivity index (χ4v) is 4.22. The molecule has 0 aromatic heterocycles. The number of nitrogens with two attached hydrogens (primary N) is 1. The van der Waals surface area contributed by atoms with Crippen molar-refractivity contribution in [1.29, 1.82) is 0 Å². The standard InChI is InChI=1S/C22H26FN5O2S/c1-16-4-2-3-5-20(16)25-8-10-26(11-9-25)21-7-6-17(12-19(21)23)28-14-18(30-22(28)29)13-27(24)15-31/h2-7,12,15,18H,8-11,13-14,24H2,1H3/t18-/m0/s1. The van der Waals surface area contributed by atoms with Crippen LogP contribution in [0.15, 0.2) is 42.5 Å². The van der Waals surface area contributed by atoms with Gasteiger partial charge in [0.25, 0.3) is 0 Å². The number of para-hydroxylation sites is 1. The van der Waals surface area contributed by atoms with Crippen molar-refractivity contribution in [3.63, 3.8) is 0 Å². The Bertz CT molecular complexity index is 967. The number of carbonyl (C=O) groups excluding carboxylic acids is 1. The van der Waals surface area contributed by atoms with Gasteiger partial charge in [-0.3, -0.25) is 4.90 Å². The summed E-state index contributed by atoms with van der Waals surface area (Å²) in [6.45, 7) is 5.78. The number of rotatable bonds is 6. The molecule has 9 heteroatoms. The zero-order valence-electron chi connectivity index (χ0n) is 17.4. The quantitative estimate of drug-likeness (QED) is 0.418. The summed E-state index contributed by atoms with van der Waals surface area (Å²) in [7, 11) is 0. The van der Waals surface area contributed by atoms with Crippen molar-refractivity contribution >= 4 is 40.9 Å². The summed E-state index contributed by atoms with van der Waals surface area (Å²) in [5.41, 5.74) is 4.78. The lowest BCUT2D eigenvalue weighted by Gasteiger charge is -2.38. The van der Waals surface area contributed by atoms with Crippen LogP contribution in [-0.4, -0.2) is 62.0 Å². The number of cyclic esters (lactones) is 1. The number of hydrogen-bond acceptors (Lipinski definition) is 6. The van der Waals surface area contributed by atoms with Gasteiger partial charge in [0.1, 0.15) is 11.9 Å². The van der Waals surface area contributed by atoms with Gasteiger partial charge in [-0.1, -0.05) is 30.4 Å². The van der Waals surface area contributed by atoms with Gasteiger partial charge in [0.2, 0.25) is 0 Å². The molecule has 31 heavy (non-hydrogen) atoms. The molecule has 0 spiro atoms. The summed E-state index contributed by atoms with van der Waals surface area (Å²) in [6, 6.07) is 13.2. The van der Waals surface area contributed by atoms with Gasteiger partial charge in [-0.2, -0.15) is 0 Å². The molecule has 0 bridgehead atoms. The molecule has 2 aromatic carbocycles. The van der Waals surface area contributed by atoms with E-state index in [0.29, 0.717) is 17.9 Å². The van der Waals surface area contributed by atoms with Crippen LogP contribution in [0.3, 0.4) is 0 Å². The van der Waals surface area contributed by atoms with Crippen LogP contribution in [-0.2, 0) is 4.74 Å². The Morgan fingerprint density at radius 2 is 1.84 bits per heavy atom. The number of halogens is 1. The molecule has 2 aromatic rings. The van der Waals surface area contributed by atoms with E-state index in [4.69, 9.17) is 22.8 Å². The molecule has 2 aliphatic rings. The minimum Gasteiger partial charge on any atom is -0.442 e. The number of aryl methyl sites for hydroxylation is 1. The maximum Gasteiger partial charge on any atom is 0.414 e. The van der Waals surface area contributed by atoms with E-state index < -0.39 is 12.2 Å². The molecule has 0 unspecified atom stereocenters. The molecule has 1 amide bonds. The van der Waals surface area contributed by atoms with E-state index in [1.165, 1.54) is 32.7 Å². The molecule has 2 fully saturated rings. The average molecular weight is 444 g/mol. The van der Waals surface area contributed by atoms with Gasteiger partial charge in [-0.05, 0) is 36.8 Å². The number of piperazine rings is 1. The highest BCUT2D eigenvalue weighted by atomic mass is 32.1. The Hall–Kier alpha value is -2.91. The number of hydrazine groups is 1.